The van der Waals surface area contributed by atoms with Gasteiger partial charge in [-0.25, -0.2) is 9.50 Å². The Morgan fingerprint density at radius 3 is 2.70 bits per heavy atom. The molecule has 0 radical (unpaired) electrons. The second-order valence-electron chi connectivity index (χ2n) is 8.65. The van der Waals surface area contributed by atoms with Gasteiger partial charge in [0, 0.05) is 31.2 Å². The first kappa shape index (κ1) is 21.6. The number of piperazine rings is 1. The van der Waals surface area contributed by atoms with Crippen LogP contribution in [0, 0.1) is 13.8 Å². The number of nitrogens with zero attached hydrogens (tertiary/aromatic N) is 5. The summed E-state index contributed by atoms with van der Waals surface area (Å²) in [5.74, 6) is 0.215. The van der Waals surface area contributed by atoms with E-state index in [4.69, 9.17) is 4.74 Å². The van der Waals surface area contributed by atoms with Gasteiger partial charge in [-0.2, -0.15) is 0 Å². The molecule has 1 amide bonds. The number of rotatable bonds is 4. The Morgan fingerprint density at radius 2 is 1.97 bits per heavy atom. The van der Waals surface area contributed by atoms with E-state index < -0.39 is 0 Å². The third-order valence-corrected chi connectivity index (χ3v) is 6.86. The van der Waals surface area contributed by atoms with E-state index in [2.05, 4.69) is 44.4 Å². The summed E-state index contributed by atoms with van der Waals surface area (Å²) in [4.78, 5) is 24.7. The molecular formula is C23H27N7O2S. The first-order valence-corrected chi connectivity index (χ1v) is 11.8. The third kappa shape index (κ3) is 4.00. The van der Waals surface area contributed by atoms with Gasteiger partial charge in [-0.1, -0.05) is 11.3 Å². The highest BCUT2D eigenvalue weighted by atomic mass is 32.1. The molecule has 33 heavy (non-hydrogen) atoms. The molecule has 0 aliphatic carbocycles. The molecule has 1 aliphatic heterocycles. The molecule has 172 valence electrons. The second kappa shape index (κ2) is 8.27. The quantitative estimate of drug-likeness (QED) is 0.477. The van der Waals surface area contributed by atoms with E-state index in [1.165, 1.54) is 11.3 Å². The summed E-state index contributed by atoms with van der Waals surface area (Å²) in [6.07, 6.45) is 1.84. The molecule has 1 saturated heterocycles. The first-order valence-electron chi connectivity index (χ1n) is 11.0. The maximum Gasteiger partial charge on any atom is 0.274 e. The molecule has 4 aromatic rings. The number of benzene rings is 1. The maximum atomic E-state index is 13.3. The van der Waals surface area contributed by atoms with E-state index in [0.29, 0.717) is 34.2 Å². The van der Waals surface area contributed by atoms with Crippen molar-refractivity contribution in [1.82, 2.24) is 24.9 Å². The number of carbonyl (C=O) groups excluding carboxylic acids is 1. The summed E-state index contributed by atoms with van der Waals surface area (Å²) < 4.78 is 8.11. The fourth-order valence-corrected chi connectivity index (χ4v) is 5.50. The van der Waals surface area contributed by atoms with Crippen LogP contribution in [0.25, 0.3) is 15.7 Å². The molecule has 9 nitrogen and oxygen atoms in total. The molecule has 1 aliphatic rings. The second-order valence-corrected chi connectivity index (χ2v) is 9.61. The topological polar surface area (TPSA) is 96.7 Å². The highest BCUT2D eigenvalue weighted by Gasteiger charge is 2.26. The standard InChI is InChI=1S/C23H27N7O2S/c1-12-9-29(10-13(2)24-12)17-7-6-16(20-21(17)33-23(27-20)32-5)22(31)26-19-8-18-15(4)25-14(3)11-30(18)28-19/h6-8,11-13,24H,9-10H2,1-5H3,(H,26,28,31)/t12-,13-/m0/s1. The van der Waals surface area contributed by atoms with Crippen molar-refractivity contribution in [3.8, 4) is 5.19 Å². The van der Waals surface area contributed by atoms with Crippen LogP contribution in [0.4, 0.5) is 11.5 Å². The van der Waals surface area contributed by atoms with Crippen LogP contribution >= 0.6 is 11.3 Å². The van der Waals surface area contributed by atoms with Crippen LogP contribution in [-0.2, 0) is 0 Å². The van der Waals surface area contributed by atoms with E-state index in [-0.39, 0.29) is 5.91 Å². The van der Waals surface area contributed by atoms with Gasteiger partial charge in [0.1, 0.15) is 5.52 Å². The number of nitrogens with one attached hydrogen (secondary N) is 2. The number of fused-ring (bicyclic) bond motifs is 2. The fourth-order valence-electron chi connectivity index (χ4n) is 4.55. The monoisotopic (exact) mass is 465 g/mol. The van der Waals surface area contributed by atoms with E-state index >= 15 is 0 Å². The molecule has 0 unspecified atom stereocenters. The molecule has 10 heteroatoms. The third-order valence-electron chi connectivity index (χ3n) is 5.82. The van der Waals surface area contributed by atoms with Gasteiger partial charge in [0.2, 0.25) is 0 Å². The average molecular weight is 466 g/mol. The van der Waals surface area contributed by atoms with E-state index in [1.807, 2.05) is 38.2 Å². The van der Waals surface area contributed by atoms with E-state index in [9.17, 15) is 4.79 Å². The van der Waals surface area contributed by atoms with E-state index in [0.717, 1.165) is 40.4 Å². The predicted molar refractivity (Wildman–Crippen MR) is 131 cm³/mol. The molecule has 4 heterocycles. The molecule has 0 spiro atoms. The molecule has 0 bridgehead atoms. The summed E-state index contributed by atoms with van der Waals surface area (Å²) in [5, 5.41) is 11.5. The molecule has 3 aromatic heterocycles. The average Bonchev–Trinajstić information content (AvgIpc) is 3.36. The number of aromatic nitrogens is 4. The number of thiazole rings is 1. The molecule has 5 rings (SSSR count). The Hall–Kier alpha value is -3.24. The zero-order valence-electron chi connectivity index (χ0n) is 19.3. The van der Waals surface area contributed by atoms with Crippen LogP contribution in [0.15, 0.2) is 24.4 Å². The van der Waals surface area contributed by atoms with Crippen LogP contribution < -0.4 is 20.3 Å². The van der Waals surface area contributed by atoms with Crippen molar-refractivity contribution >= 4 is 44.5 Å². The van der Waals surface area contributed by atoms with Gasteiger partial charge >= 0.3 is 0 Å². The van der Waals surface area contributed by atoms with Crippen LogP contribution in [0.1, 0.15) is 35.6 Å². The number of carbonyl (C=O) groups is 1. The SMILES string of the molecule is COc1nc2c(C(=O)Nc3cc4c(C)nc(C)cn4n3)ccc(N3C[C@H](C)N[C@@H](C)C3)c2s1. The molecule has 2 atom stereocenters. The largest absolute Gasteiger partial charge is 0.473 e. The van der Waals surface area contributed by atoms with Crippen molar-refractivity contribution in [3.05, 3.63) is 41.3 Å². The van der Waals surface area contributed by atoms with Gasteiger partial charge in [-0.15, -0.1) is 5.10 Å². The number of aryl methyl sites for hydroxylation is 2. The van der Waals surface area contributed by atoms with Crippen molar-refractivity contribution in [2.45, 2.75) is 39.8 Å². The van der Waals surface area contributed by atoms with Gasteiger partial charge < -0.3 is 20.3 Å². The minimum absolute atomic E-state index is 0.257. The lowest BCUT2D eigenvalue weighted by molar-refractivity contribution is 0.102. The number of ether oxygens (including phenoxy) is 1. The lowest BCUT2D eigenvalue weighted by Gasteiger charge is -2.37. The number of anilines is 2. The van der Waals surface area contributed by atoms with E-state index in [1.54, 1.807) is 11.6 Å². The smallest absolute Gasteiger partial charge is 0.274 e. The Labute approximate surface area is 195 Å². The Balaban J connectivity index is 1.51. The Morgan fingerprint density at radius 1 is 1.21 bits per heavy atom. The van der Waals surface area contributed by atoms with Gasteiger partial charge in [-0.05, 0) is 39.8 Å². The van der Waals surface area contributed by atoms with Gasteiger partial charge in [0.15, 0.2) is 5.82 Å². The lowest BCUT2D eigenvalue weighted by Crippen LogP contribution is -2.54. The lowest BCUT2D eigenvalue weighted by atomic mass is 10.1. The highest BCUT2D eigenvalue weighted by molar-refractivity contribution is 7.21. The number of hydrogen-bond acceptors (Lipinski definition) is 8. The highest BCUT2D eigenvalue weighted by Crippen LogP contribution is 2.38. The fraction of sp³-hybridized carbons (Fsp3) is 0.391. The first-order chi connectivity index (χ1) is 15.8. The molecule has 1 aromatic carbocycles. The zero-order valence-corrected chi connectivity index (χ0v) is 20.2. The molecular weight excluding hydrogens is 438 g/mol. The maximum absolute atomic E-state index is 13.3. The summed E-state index contributed by atoms with van der Waals surface area (Å²) in [7, 11) is 1.60. The van der Waals surface area contributed by atoms with Crippen LogP contribution in [0.3, 0.4) is 0 Å². The minimum Gasteiger partial charge on any atom is -0.473 e. The normalized spacial score (nSPS) is 18.8. The van der Waals surface area contributed by atoms with Gasteiger partial charge in [0.05, 0.1) is 46.2 Å². The summed E-state index contributed by atoms with van der Waals surface area (Å²) in [6, 6.07) is 6.43. The van der Waals surface area contributed by atoms with Crippen molar-refractivity contribution in [3.63, 3.8) is 0 Å². The summed E-state index contributed by atoms with van der Waals surface area (Å²) in [5.41, 5.74) is 4.79. The zero-order chi connectivity index (χ0) is 23.3. The number of hydrogen-bond donors (Lipinski definition) is 2. The molecule has 0 saturated carbocycles. The van der Waals surface area contributed by atoms with Crippen molar-refractivity contribution in [2.24, 2.45) is 0 Å². The van der Waals surface area contributed by atoms with Crippen LogP contribution in [0.5, 0.6) is 5.19 Å². The number of amides is 1. The number of methoxy groups -OCH3 is 1. The van der Waals surface area contributed by atoms with Crippen molar-refractivity contribution < 1.29 is 9.53 Å². The molecule has 1 fully saturated rings. The molecule has 2 N–H and O–H groups in total. The van der Waals surface area contributed by atoms with Gasteiger partial charge in [-0.3, -0.25) is 9.78 Å². The van der Waals surface area contributed by atoms with Crippen LogP contribution in [-0.4, -0.2) is 57.8 Å². The predicted octanol–water partition coefficient (Wildman–Crippen LogP) is 3.40. The Bertz CT molecular complexity index is 1350. The summed E-state index contributed by atoms with van der Waals surface area (Å²) >= 11 is 1.46. The Kier molecular flexibility index (Phi) is 5.41. The minimum atomic E-state index is -0.257. The summed E-state index contributed by atoms with van der Waals surface area (Å²) in [6.45, 7) is 9.99. The van der Waals surface area contributed by atoms with Gasteiger partial charge in [0.25, 0.3) is 11.1 Å². The van der Waals surface area contributed by atoms with Crippen LogP contribution in [0.2, 0.25) is 0 Å². The van der Waals surface area contributed by atoms with Crippen molar-refractivity contribution in [1.29, 1.82) is 0 Å². The van der Waals surface area contributed by atoms with Crippen molar-refractivity contribution in [2.75, 3.05) is 30.4 Å².